The van der Waals surface area contributed by atoms with E-state index in [1.807, 2.05) is 25.1 Å². The maximum absolute atomic E-state index is 9.20. The van der Waals surface area contributed by atoms with E-state index in [-0.39, 0.29) is 6.10 Å². The second-order valence-electron chi connectivity index (χ2n) is 6.72. The number of benzene rings is 1. The molecule has 1 fully saturated rings. The molecule has 1 aliphatic rings. The van der Waals surface area contributed by atoms with Gasteiger partial charge in [-0.05, 0) is 49.1 Å². The standard InChI is InChI=1S/C17H23NO/c1-12-8-15(10-17(3,4)9-12)19-16-13(2)6-5-7-14(16)11-18/h5-7,12,15H,8-10H2,1-4H3. The molecule has 0 saturated heterocycles. The van der Waals surface area contributed by atoms with Crippen molar-refractivity contribution in [1.82, 2.24) is 0 Å². The van der Waals surface area contributed by atoms with E-state index in [1.54, 1.807) is 0 Å². The summed E-state index contributed by atoms with van der Waals surface area (Å²) in [6.07, 6.45) is 3.64. The first-order valence-corrected chi connectivity index (χ1v) is 7.07. The van der Waals surface area contributed by atoms with Crippen molar-refractivity contribution in [2.24, 2.45) is 11.3 Å². The van der Waals surface area contributed by atoms with Crippen molar-refractivity contribution in [3.05, 3.63) is 29.3 Å². The van der Waals surface area contributed by atoms with Crippen LogP contribution in [0.5, 0.6) is 5.75 Å². The highest BCUT2D eigenvalue weighted by Gasteiger charge is 2.33. The van der Waals surface area contributed by atoms with Crippen molar-refractivity contribution in [2.75, 3.05) is 0 Å². The molecule has 1 aliphatic carbocycles. The Kier molecular flexibility index (Phi) is 3.85. The van der Waals surface area contributed by atoms with Crippen LogP contribution in [-0.4, -0.2) is 6.10 Å². The van der Waals surface area contributed by atoms with Crippen LogP contribution in [0.3, 0.4) is 0 Å². The van der Waals surface area contributed by atoms with Gasteiger partial charge in [-0.3, -0.25) is 0 Å². The van der Waals surface area contributed by atoms with Crippen LogP contribution in [0.15, 0.2) is 18.2 Å². The number of para-hydroxylation sites is 1. The molecule has 0 heterocycles. The summed E-state index contributed by atoms with van der Waals surface area (Å²) in [5, 5.41) is 9.20. The van der Waals surface area contributed by atoms with Gasteiger partial charge in [0.1, 0.15) is 11.8 Å². The predicted molar refractivity (Wildman–Crippen MR) is 77.1 cm³/mol. The number of hydrogen-bond acceptors (Lipinski definition) is 2. The van der Waals surface area contributed by atoms with E-state index in [9.17, 15) is 5.26 Å². The zero-order valence-corrected chi connectivity index (χ0v) is 12.4. The SMILES string of the molecule is Cc1cccc(C#N)c1OC1CC(C)CC(C)(C)C1. The minimum absolute atomic E-state index is 0.229. The van der Waals surface area contributed by atoms with Gasteiger partial charge in [0.25, 0.3) is 0 Å². The number of aryl methyl sites for hydroxylation is 1. The number of nitriles is 1. The van der Waals surface area contributed by atoms with Crippen molar-refractivity contribution in [2.45, 2.75) is 53.1 Å². The second-order valence-corrected chi connectivity index (χ2v) is 6.72. The summed E-state index contributed by atoms with van der Waals surface area (Å²) in [5.41, 5.74) is 2.03. The Labute approximate surface area is 116 Å². The molecule has 102 valence electrons. The van der Waals surface area contributed by atoms with Gasteiger partial charge >= 0.3 is 0 Å². The highest BCUT2D eigenvalue weighted by atomic mass is 16.5. The Morgan fingerprint density at radius 1 is 1.32 bits per heavy atom. The minimum atomic E-state index is 0.229. The van der Waals surface area contributed by atoms with E-state index in [1.165, 1.54) is 6.42 Å². The number of ether oxygens (including phenoxy) is 1. The van der Waals surface area contributed by atoms with Crippen molar-refractivity contribution in [1.29, 1.82) is 5.26 Å². The van der Waals surface area contributed by atoms with Crippen LogP contribution in [0.2, 0.25) is 0 Å². The monoisotopic (exact) mass is 257 g/mol. The van der Waals surface area contributed by atoms with Gasteiger partial charge in [-0.15, -0.1) is 0 Å². The average molecular weight is 257 g/mol. The summed E-state index contributed by atoms with van der Waals surface area (Å²) in [6.45, 7) is 8.91. The van der Waals surface area contributed by atoms with E-state index in [0.29, 0.717) is 16.9 Å². The molecule has 2 heteroatoms. The van der Waals surface area contributed by atoms with Crippen LogP contribution in [0.1, 0.15) is 51.2 Å². The molecule has 0 aromatic heterocycles. The van der Waals surface area contributed by atoms with E-state index < -0.39 is 0 Å². The molecule has 2 atom stereocenters. The van der Waals surface area contributed by atoms with Crippen molar-refractivity contribution in [3.8, 4) is 11.8 Å². The molecule has 0 amide bonds. The molecule has 2 unspecified atom stereocenters. The average Bonchev–Trinajstić information content (AvgIpc) is 2.29. The molecule has 0 aliphatic heterocycles. The van der Waals surface area contributed by atoms with Gasteiger partial charge < -0.3 is 4.74 Å². The van der Waals surface area contributed by atoms with Crippen molar-refractivity contribution >= 4 is 0 Å². The molecular formula is C17H23NO. The molecule has 0 spiro atoms. The van der Waals surface area contributed by atoms with Gasteiger partial charge in [-0.2, -0.15) is 5.26 Å². The third-order valence-corrected chi connectivity index (χ3v) is 3.96. The fourth-order valence-electron chi connectivity index (χ4n) is 3.41. The predicted octanol–water partition coefficient (Wildman–Crippen LogP) is 4.46. The third kappa shape index (κ3) is 3.29. The van der Waals surface area contributed by atoms with Crippen molar-refractivity contribution < 1.29 is 4.74 Å². The Bertz CT molecular complexity index is 498. The Balaban J connectivity index is 2.20. The number of rotatable bonds is 2. The zero-order valence-electron chi connectivity index (χ0n) is 12.4. The van der Waals surface area contributed by atoms with E-state index >= 15 is 0 Å². The van der Waals surface area contributed by atoms with E-state index in [2.05, 4.69) is 26.8 Å². The molecule has 0 radical (unpaired) electrons. The van der Waals surface area contributed by atoms with Crippen LogP contribution >= 0.6 is 0 Å². The molecular weight excluding hydrogens is 234 g/mol. The molecule has 2 nitrogen and oxygen atoms in total. The Morgan fingerprint density at radius 3 is 2.68 bits per heavy atom. The van der Waals surface area contributed by atoms with Crippen LogP contribution in [0.25, 0.3) is 0 Å². The Morgan fingerprint density at radius 2 is 2.05 bits per heavy atom. The van der Waals surface area contributed by atoms with E-state index in [4.69, 9.17) is 4.74 Å². The van der Waals surface area contributed by atoms with E-state index in [0.717, 1.165) is 24.2 Å². The smallest absolute Gasteiger partial charge is 0.140 e. The van der Waals surface area contributed by atoms with Gasteiger partial charge in [-0.25, -0.2) is 0 Å². The van der Waals surface area contributed by atoms with Gasteiger partial charge in [0.05, 0.1) is 11.7 Å². The fourth-order valence-corrected chi connectivity index (χ4v) is 3.41. The number of nitrogens with zero attached hydrogens (tertiary/aromatic N) is 1. The molecule has 1 aromatic carbocycles. The van der Waals surface area contributed by atoms with Gasteiger partial charge in [0.15, 0.2) is 0 Å². The van der Waals surface area contributed by atoms with Crippen molar-refractivity contribution in [3.63, 3.8) is 0 Å². The fraction of sp³-hybridized carbons (Fsp3) is 0.588. The van der Waals surface area contributed by atoms with Gasteiger partial charge in [-0.1, -0.05) is 32.9 Å². The first-order chi connectivity index (χ1) is 8.91. The Hall–Kier alpha value is -1.49. The lowest BCUT2D eigenvalue weighted by Crippen LogP contribution is -2.34. The number of hydrogen-bond donors (Lipinski definition) is 0. The second kappa shape index (κ2) is 5.25. The topological polar surface area (TPSA) is 33.0 Å². The summed E-state index contributed by atoms with van der Waals surface area (Å²) in [7, 11) is 0. The summed E-state index contributed by atoms with van der Waals surface area (Å²) >= 11 is 0. The molecule has 0 bridgehead atoms. The maximum Gasteiger partial charge on any atom is 0.140 e. The molecule has 1 saturated carbocycles. The third-order valence-electron chi connectivity index (χ3n) is 3.96. The molecule has 19 heavy (non-hydrogen) atoms. The van der Waals surface area contributed by atoms with Crippen LogP contribution in [0.4, 0.5) is 0 Å². The lowest BCUT2D eigenvalue weighted by molar-refractivity contribution is 0.0556. The van der Waals surface area contributed by atoms with Crippen LogP contribution < -0.4 is 4.74 Å². The van der Waals surface area contributed by atoms with Crippen LogP contribution in [-0.2, 0) is 0 Å². The molecule has 2 rings (SSSR count). The first kappa shape index (κ1) is 13.9. The maximum atomic E-state index is 9.20. The van der Waals surface area contributed by atoms with Crippen LogP contribution in [0, 0.1) is 29.6 Å². The summed E-state index contributed by atoms with van der Waals surface area (Å²) in [4.78, 5) is 0. The summed E-state index contributed by atoms with van der Waals surface area (Å²) in [6, 6.07) is 7.98. The largest absolute Gasteiger partial charge is 0.489 e. The molecule has 1 aromatic rings. The van der Waals surface area contributed by atoms with Gasteiger partial charge in [0, 0.05) is 0 Å². The minimum Gasteiger partial charge on any atom is -0.489 e. The van der Waals surface area contributed by atoms with Gasteiger partial charge in [0.2, 0.25) is 0 Å². The highest BCUT2D eigenvalue weighted by Crippen LogP contribution is 2.40. The lowest BCUT2D eigenvalue weighted by atomic mass is 9.71. The zero-order chi connectivity index (χ0) is 14.0. The summed E-state index contributed by atoms with van der Waals surface area (Å²) < 4.78 is 6.19. The normalized spacial score (nSPS) is 25.6. The highest BCUT2D eigenvalue weighted by molar-refractivity contribution is 5.48. The first-order valence-electron chi connectivity index (χ1n) is 7.07. The summed E-state index contributed by atoms with van der Waals surface area (Å²) in [5.74, 6) is 1.46. The molecule has 0 N–H and O–H groups in total. The lowest BCUT2D eigenvalue weighted by Gasteiger charge is -2.39. The quantitative estimate of drug-likeness (QED) is 0.783.